The zero-order valence-electron chi connectivity index (χ0n) is 7.64. The van der Waals surface area contributed by atoms with Crippen molar-refractivity contribution in [1.29, 1.82) is 0 Å². The Balaban J connectivity index is 2.28. The molecule has 0 aromatic rings. The molecular weight excluding hydrogens is 148 g/mol. The minimum absolute atomic E-state index is 0.379. The summed E-state index contributed by atoms with van der Waals surface area (Å²) in [6, 6.07) is 0. The molecule has 0 amide bonds. The molecule has 1 saturated carbocycles. The third-order valence-corrected chi connectivity index (χ3v) is 3.28. The first-order valence-corrected chi connectivity index (χ1v) is 4.81. The van der Waals surface area contributed by atoms with Crippen molar-refractivity contribution in [3.8, 4) is 0 Å². The summed E-state index contributed by atoms with van der Waals surface area (Å²) in [6.45, 7) is 2.32. The second kappa shape index (κ2) is 2.65. The van der Waals surface area contributed by atoms with Gasteiger partial charge in [-0.05, 0) is 43.3 Å². The van der Waals surface area contributed by atoms with E-state index in [1.54, 1.807) is 0 Å². The Kier molecular flexibility index (Phi) is 1.75. The van der Waals surface area contributed by atoms with Crippen LogP contribution < -0.4 is 0 Å². The molecule has 1 nitrogen and oxygen atoms in total. The molecule has 0 unspecified atom stereocenters. The van der Waals surface area contributed by atoms with Crippen LogP contribution in [0.15, 0.2) is 23.5 Å². The minimum Gasteiger partial charge on any atom is -0.508 e. The second-order valence-corrected chi connectivity index (χ2v) is 4.27. The Labute approximate surface area is 73.8 Å². The summed E-state index contributed by atoms with van der Waals surface area (Å²) in [7, 11) is 0. The number of rotatable bonds is 0. The molecule has 0 saturated heterocycles. The fraction of sp³-hybridized carbons (Fsp3) is 0.636. The average molecular weight is 164 g/mol. The van der Waals surface area contributed by atoms with Crippen molar-refractivity contribution in [3.63, 3.8) is 0 Å². The van der Waals surface area contributed by atoms with Crippen LogP contribution in [0.1, 0.15) is 39.0 Å². The summed E-state index contributed by atoms with van der Waals surface area (Å²) >= 11 is 0. The Hall–Kier alpha value is -0.720. The van der Waals surface area contributed by atoms with Crippen molar-refractivity contribution in [2.45, 2.75) is 39.0 Å². The highest BCUT2D eigenvalue weighted by atomic mass is 16.3. The van der Waals surface area contributed by atoms with Gasteiger partial charge in [-0.15, -0.1) is 0 Å². The normalized spacial score (nSPS) is 35.1. The fourth-order valence-electron chi connectivity index (χ4n) is 2.34. The van der Waals surface area contributed by atoms with Gasteiger partial charge in [0.1, 0.15) is 5.76 Å². The summed E-state index contributed by atoms with van der Waals surface area (Å²) in [5.41, 5.74) is 1.85. The Morgan fingerprint density at radius 2 is 2.25 bits per heavy atom. The quantitative estimate of drug-likeness (QED) is 0.582. The maximum absolute atomic E-state index is 9.35. The number of aliphatic hydroxyl groups excluding tert-OH is 1. The smallest absolute Gasteiger partial charge is 0.111 e. The molecular formula is C11H16O. The predicted molar refractivity (Wildman–Crippen MR) is 50.0 cm³/mol. The van der Waals surface area contributed by atoms with E-state index in [9.17, 15) is 5.11 Å². The summed E-state index contributed by atoms with van der Waals surface area (Å²) in [6.07, 6.45) is 10.1. The first-order valence-electron chi connectivity index (χ1n) is 4.81. The van der Waals surface area contributed by atoms with E-state index in [0.29, 0.717) is 11.2 Å². The van der Waals surface area contributed by atoms with Crippen LogP contribution in [0.25, 0.3) is 0 Å². The summed E-state index contributed by atoms with van der Waals surface area (Å²) in [5, 5.41) is 9.35. The Bertz CT molecular complexity index is 250. The summed E-state index contributed by atoms with van der Waals surface area (Å²) < 4.78 is 0. The lowest BCUT2D eigenvalue weighted by Gasteiger charge is -2.37. The zero-order valence-corrected chi connectivity index (χ0v) is 7.64. The molecule has 0 aromatic heterocycles. The van der Waals surface area contributed by atoms with Crippen LogP contribution in [0.2, 0.25) is 0 Å². The molecule has 0 heterocycles. The van der Waals surface area contributed by atoms with Gasteiger partial charge in [0.25, 0.3) is 0 Å². The highest BCUT2D eigenvalue weighted by molar-refractivity contribution is 5.30. The molecule has 0 radical (unpaired) electrons. The third-order valence-electron chi connectivity index (χ3n) is 3.28. The van der Waals surface area contributed by atoms with Gasteiger partial charge in [-0.25, -0.2) is 0 Å². The van der Waals surface area contributed by atoms with Gasteiger partial charge in [-0.1, -0.05) is 18.9 Å². The number of fused-ring (bicyclic) bond motifs is 1. The molecule has 0 aliphatic heterocycles. The van der Waals surface area contributed by atoms with Gasteiger partial charge in [0.05, 0.1) is 0 Å². The highest BCUT2D eigenvalue weighted by Gasteiger charge is 2.32. The third kappa shape index (κ3) is 1.17. The van der Waals surface area contributed by atoms with Gasteiger partial charge in [0.2, 0.25) is 0 Å². The highest BCUT2D eigenvalue weighted by Crippen LogP contribution is 2.45. The summed E-state index contributed by atoms with van der Waals surface area (Å²) in [5.74, 6) is 0.476. The van der Waals surface area contributed by atoms with Crippen molar-refractivity contribution < 1.29 is 5.11 Å². The van der Waals surface area contributed by atoms with E-state index in [2.05, 4.69) is 6.92 Å². The molecule has 1 N–H and O–H groups in total. The lowest BCUT2D eigenvalue weighted by molar-refractivity contribution is 0.290. The van der Waals surface area contributed by atoms with Crippen LogP contribution in [0.3, 0.4) is 0 Å². The predicted octanol–water partition coefficient (Wildman–Crippen LogP) is 3.34. The van der Waals surface area contributed by atoms with Crippen molar-refractivity contribution >= 4 is 0 Å². The molecule has 2 aliphatic rings. The van der Waals surface area contributed by atoms with Crippen LogP contribution in [0.5, 0.6) is 0 Å². The maximum atomic E-state index is 9.35. The van der Waals surface area contributed by atoms with Crippen LogP contribution in [0.4, 0.5) is 0 Å². The van der Waals surface area contributed by atoms with E-state index >= 15 is 0 Å². The van der Waals surface area contributed by atoms with E-state index in [4.69, 9.17) is 0 Å². The Morgan fingerprint density at radius 3 is 3.08 bits per heavy atom. The monoisotopic (exact) mass is 164 g/mol. The molecule has 0 bridgehead atoms. The summed E-state index contributed by atoms with van der Waals surface area (Å²) in [4.78, 5) is 0. The van der Waals surface area contributed by atoms with E-state index in [1.165, 1.54) is 31.3 Å². The second-order valence-electron chi connectivity index (χ2n) is 4.27. The minimum atomic E-state index is 0.379. The molecule has 1 atom stereocenters. The van der Waals surface area contributed by atoms with Crippen LogP contribution in [-0.2, 0) is 0 Å². The van der Waals surface area contributed by atoms with Gasteiger partial charge in [-0.3, -0.25) is 0 Å². The fourth-order valence-corrected chi connectivity index (χ4v) is 2.34. The standard InChI is InChI=1S/C11H16O/c1-11-6-3-2-4-9(11)8-10(12)5-7-11/h5,8,12H,2-4,6-7H2,1H3/t11-/m0/s1. The van der Waals surface area contributed by atoms with Gasteiger partial charge < -0.3 is 5.11 Å². The average Bonchev–Trinajstić information content (AvgIpc) is 2.06. The van der Waals surface area contributed by atoms with E-state index < -0.39 is 0 Å². The van der Waals surface area contributed by atoms with Crippen molar-refractivity contribution in [1.82, 2.24) is 0 Å². The number of allylic oxidation sites excluding steroid dienone is 3. The number of hydrogen-bond acceptors (Lipinski definition) is 1. The zero-order chi connectivity index (χ0) is 8.60. The number of hydrogen-bond donors (Lipinski definition) is 1. The molecule has 0 aromatic carbocycles. The van der Waals surface area contributed by atoms with E-state index in [-0.39, 0.29) is 0 Å². The van der Waals surface area contributed by atoms with Crippen molar-refractivity contribution in [2.24, 2.45) is 5.41 Å². The SMILES string of the molecule is C[C@]12CC=C(O)C=C1CCCC2. The van der Waals surface area contributed by atoms with Gasteiger partial charge in [0.15, 0.2) is 0 Å². The number of aliphatic hydroxyl groups is 1. The molecule has 1 heteroatoms. The molecule has 2 aliphatic carbocycles. The van der Waals surface area contributed by atoms with Gasteiger partial charge in [0, 0.05) is 0 Å². The lowest BCUT2D eigenvalue weighted by atomic mass is 9.68. The topological polar surface area (TPSA) is 20.2 Å². The van der Waals surface area contributed by atoms with E-state index in [0.717, 1.165) is 6.42 Å². The lowest BCUT2D eigenvalue weighted by Crippen LogP contribution is -2.24. The molecule has 12 heavy (non-hydrogen) atoms. The van der Waals surface area contributed by atoms with Crippen molar-refractivity contribution in [3.05, 3.63) is 23.5 Å². The van der Waals surface area contributed by atoms with Crippen LogP contribution in [-0.4, -0.2) is 5.11 Å². The first-order chi connectivity index (χ1) is 5.71. The van der Waals surface area contributed by atoms with Crippen molar-refractivity contribution in [2.75, 3.05) is 0 Å². The molecule has 1 fully saturated rings. The van der Waals surface area contributed by atoms with Gasteiger partial charge in [-0.2, -0.15) is 0 Å². The largest absolute Gasteiger partial charge is 0.508 e. The molecule has 0 spiro atoms. The first kappa shape index (κ1) is 7.90. The molecule has 66 valence electrons. The van der Waals surface area contributed by atoms with Crippen LogP contribution >= 0.6 is 0 Å². The van der Waals surface area contributed by atoms with Crippen LogP contribution in [0, 0.1) is 5.41 Å². The Morgan fingerprint density at radius 1 is 1.42 bits per heavy atom. The van der Waals surface area contributed by atoms with E-state index in [1.807, 2.05) is 12.2 Å². The maximum Gasteiger partial charge on any atom is 0.111 e. The molecule has 2 rings (SSSR count). The van der Waals surface area contributed by atoms with Gasteiger partial charge >= 0.3 is 0 Å².